The van der Waals surface area contributed by atoms with Crippen LogP contribution in [0.2, 0.25) is 0 Å². The molecule has 6 heteroatoms. The predicted octanol–water partition coefficient (Wildman–Crippen LogP) is 1.42. The zero-order valence-corrected chi connectivity index (χ0v) is 13.0. The molecule has 124 valence electrons. The van der Waals surface area contributed by atoms with Gasteiger partial charge in [-0.3, -0.25) is 14.4 Å². The van der Waals surface area contributed by atoms with Gasteiger partial charge in [0.05, 0.1) is 12.5 Å². The molecule has 0 saturated heterocycles. The lowest BCUT2D eigenvalue weighted by Gasteiger charge is -2.28. The van der Waals surface area contributed by atoms with Gasteiger partial charge in [0.1, 0.15) is 0 Å². The lowest BCUT2D eigenvalue weighted by Crippen LogP contribution is -2.41. The van der Waals surface area contributed by atoms with E-state index in [1.54, 1.807) is 24.3 Å². The minimum absolute atomic E-state index is 0.0324. The Morgan fingerprint density at radius 3 is 2.43 bits per heavy atom. The van der Waals surface area contributed by atoms with Crippen molar-refractivity contribution >= 4 is 17.8 Å². The van der Waals surface area contributed by atoms with Gasteiger partial charge in [-0.25, -0.2) is 0 Å². The molecular formula is C17H22N2O4. The third-order valence-electron chi connectivity index (χ3n) is 4.23. The third-order valence-corrected chi connectivity index (χ3v) is 4.23. The van der Waals surface area contributed by atoms with Crippen LogP contribution in [0.25, 0.3) is 0 Å². The van der Waals surface area contributed by atoms with Crippen LogP contribution in [-0.4, -0.2) is 36.0 Å². The van der Waals surface area contributed by atoms with Crippen LogP contribution < -0.4 is 10.6 Å². The molecule has 0 spiro atoms. The number of carbonyl (C=O) groups is 3. The van der Waals surface area contributed by atoms with E-state index in [4.69, 9.17) is 0 Å². The number of aliphatic carboxylic acids is 1. The molecule has 1 saturated carbocycles. The largest absolute Gasteiger partial charge is 0.481 e. The third kappa shape index (κ3) is 5.09. The number of amides is 2. The normalized spacial score (nSPS) is 20.5. The summed E-state index contributed by atoms with van der Waals surface area (Å²) in [6.07, 6.45) is 3.40. The van der Waals surface area contributed by atoms with E-state index in [1.807, 2.05) is 6.07 Å². The number of hydrogen-bond acceptors (Lipinski definition) is 3. The second-order valence-electron chi connectivity index (χ2n) is 5.84. The molecule has 1 aliphatic rings. The summed E-state index contributed by atoms with van der Waals surface area (Å²) >= 11 is 0. The Morgan fingerprint density at radius 1 is 1.04 bits per heavy atom. The number of nitrogens with one attached hydrogen (secondary N) is 2. The highest BCUT2D eigenvalue weighted by atomic mass is 16.4. The molecule has 1 aromatic rings. The summed E-state index contributed by atoms with van der Waals surface area (Å²) < 4.78 is 0. The lowest BCUT2D eigenvalue weighted by molar-refractivity contribution is -0.145. The molecular weight excluding hydrogens is 296 g/mol. The number of carboxylic acid groups (broad SMARTS) is 1. The SMILES string of the molecule is O=C(CNC(=O)c1ccccc1)NC[C@@H]1CCCC[C@@H]1C(=O)O. The van der Waals surface area contributed by atoms with Gasteiger partial charge in [0, 0.05) is 12.1 Å². The molecule has 0 bridgehead atoms. The quantitative estimate of drug-likeness (QED) is 0.739. The Balaban J connectivity index is 1.74. The van der Waals surface area contributed by atoms with Crippen LogP contribution in [0.4, 0.5) is 0 Å². The number of hydrogen-bond donors (Lipinski definition) is 3. The van der Waals surface area contributed by atoms with Crippen molar-refractivity contribution in [2.45, 2.75) is 25.7 Å². The van der Waals surface area contributed by atoms with Crippen LogP contribution in [0.3, 0.4) is 0 Å². The molecule has 6 nitrogen and oxygen atoms in total. The predicted molar refractivity (Wildman–Crippen MR) is 84.9 cm³/mol. The second kappa shape index (κ2) is 8.31. The maximum Gasteiger partial charge on any atom is 0.306 e. The fourth-order valence-electron chi connectivity index (χ4n) is 2.94. The molecule has 2 atom stereocenters. The zero-order valence-electron chi connectivity index (χ0n) is 13.0. The highest BCUT2D eigenvalue weighted by Crippen LogP contribution is 2.29. The van der Waals surface area contributed by atoms with Crippen LogP contribution >= 0.6 is 0 Å². The maximum absolute atomic E-state index is 11.8. The first kappa shape index (κ1) is 17.0. The van der Waals surface area contributed by atoms with Crippen LogP contribution in [0, 0.1) is 11.8 Å². The van der Waals surface area contributed by atoms with E-state index in [0.29, 0.717) is 18.5 Å². The molecule has 0 aromatic heterocycles. The van der Waals surface area contributed by atoms with E-state index in [1.165, 1.54) is 0 Å². The average molecular weight is 318 g/mol. The summed E-state index contributed by atoms with van der Waals surface area (Å²) in [7, 11) is 0. The van der Waals surface area contributed by atoms with Gasteiger partial charge in [0.25, 0.3) is 5.91 Å². The van der Waals surface area contributed by atoms with E-state index in [-0.39, 0.29) is 30.2 Å². The molecule has 0 heterocycles. The summed E-state index contributed by atoms with van der Waals surface area (Å²) in [6, 6.07) is 8.67. The first-order chi connectivity index (χ1) is 11.1. The van der Waals surface area contributed by atoms with Crippen molar-refractivity contribution in [3.8, 4) is 0 Å². The van der Waals surface area contributed by atoms with Gasteiger partial charge in [-0.15, -0.1) is 0 Å². The molecule has 1 aliphatic carbocycles. The molecule has 2 amide bonds. The average Bonchev–Trinajstić information content (AvgIpc) is 2.58. The highest BCUT2D eigenvalue weighted by molar-refractivity contribution is 5.96. The topological polar surface area (TPSA) is 95.5 Å². The van der Waals surface area contributed by atoms with E-state index < -0.39 is 5.97 Å². The van der Waals surface area contributed by atoms with Gasteiger partial charge >= 0.3 is 5.97 Å². The lowest BCUT2D eigenvalue weighted by atomic mass is 9.79. The Kier molecular flexibility index (Phi) is 6.14. The fourth-order valence-corrected chi connectivity index (χ4v) is 2.94. The summed E-state index contributed by atoms with van der Waals surface area (Å²) in [5.74, 6) is -1.81. The van der Waals surface area contributed by atoms with Crippen molar-refractivity contribution in [2.24, 2.45) is 11.8 Å². The smallest absolute Gasteiger partial charge is 0.306 e. The number of carboxylic acids is 1. The van der Waals surface area contributed by atoms with Crippen LogP contribution in [0.1, 0.15) is 36.0 Å². The minimum Gasteiger partial charge on any atom is -0.481 e. The van der Waals surface area contributed by atoms with E-state index in [2.05, 4.69) is 10.6 Å². The number of rotatable bonds is 6. The molecule has 0 aliphatic heterocycles. The fraction of sp³-hybridized carbons (Fsp3) is 0.471. The first-order valence-electron chi connectivity index (χ1n) is 7.90. The summed E-state index contributed by atoms with van der Waals surface area (Å²) in [6.45, 7) is 0.231. The molecule has 3 N–H and O–H groups in total. The Morgan fingerprint density at radius 2 is 1.74 bits per heavy atom. The van der Waals surface area contributed by atoms with Gasteiger partial charge in [0.2, 0.25) is 5.91 Å². The standard InChI is InChI=1S/C17H22N2O4/c20-15(11-19-16(21)12-6-2-1-3-7-12)18-10-13-8-4-5-9-14(13)17(22)23/h1-3,6-7,13-14H,4-5,8-11H2,(H,18,20)(H,19,21)(H,22,23)/t13-,14-/m0/s1. The van der Waals surface area contributed by atoms with Crippen LogP contribution in [0.15, 0.2) is 30.3 Å². The van der Waals surface area contributed by atoms with Crippen molar-refractivity contribution in [3.63, 3.8) is 0 Å². The van der Waals surface area contributed by atoms with Crippen molar-refractivity contribution in [1.82, 2.24) is 10.6 Å². The molecule has 1 aromatic carbocycles. The molecule has 2 rings (SSSR count). The molecule has 0 unspecified atom stereocenters. The van der Waals surface area contributed by atoms with E-state index in [9.17, 15) is 19.5 Å². The first-order valence-corrected chi connectivity index (χ1v) is 7.90. The summed E-state index contributed by atoms with van der Waals surface area (Å²) in [5, 5.41) is 14.5. The second-order valence-corrected chi connectivity index (χ2v) is 5.84. The van der Waals surface area contributed by atoms with E-state index >= 15 is 0 Å². The van der Waals surface area contributed by atoms with Crippen LogP contribution in [-0.2, 0) is 9.59 Å². The van der Waals surface area contributed by atoms with Crippen molar-refractivity contribution in [2.75, 3.05) is 13.1 Å². The van der Waals surface area contributed by atoms with E-state index in [0.717, 1.165) is 19.3 Å². The van der Waals surface area contributed by atoms with Gasteiger partial charge in [0.15, 0.2) is 0 Å². The zero-order chi connectivity index (χ0) is 16.7. The van der Waals surface area contributed by atoms with Gasteiger partial charge in [-0.05, 0) is 30.9 Å². The van der Waals surface area contributed by atoms with Crippen molar-refractivity contribution in [1.29, 1.82) is 0 Å². The molecule has 0 radical (unpaired) electrons. The Labute approximate surface area is 135 Å². The summed E-state index contributed by atoms with van der Waals surface area (Å²) in [4.78, 5) is 34.9. The minimum atomic E-state index is -0.790. The van der Waals surface area contributed by atoms with Gasteiger partial charge < -0.3 is 15.7 Å². The van der Waals surface area contributed by atoms with Crippen molar-refractivity contribution < 1.29 is 19.5 Å². The number of benzene rings is 1. The summed E-state index contributed by atoms with van der Waals surface area (Å²) in [5.41, 5.74) is 0.499. The Hall–Kier alpha value is -2.37. The molecule has 23 heavy (non-hydrogen) atoms. The Bertz CT molecular complexity index is 559. The molecule has 1 fully saturated rings. The van der Waals surface area contributed by atoms with Crippen LogP contribution in [0.5, 0.6) is 0 Å². The van der Waals surface area contributed by atoms with Gasteiger partial charge in [-0.2, -0.15) is 0 Å². The van der Waals surface area contributed by atoms with Gasteiger partial charge in [-0.1, -0.05) is 31.0 Å². The maximum atomic E-state index is 11.8. The van der Waals surface area contributed by atoms with Crippen molar-refractivity contribution in [3.05, 3.63) is 35.9 Å². The monoisotopic (exact) mass is 318 g/mol. The number of carbonyl (C=O) groups excluding carboxylic acids is 2. The highest BCUT2D eigenvalue weighted by Gasteiger charge is 2.30.